The van der Waals surface area contributed by atoms with E-state index in [0.29, 0.717) is 22.5 Å². The highest BCUT2D eigenvalue weighted by molar-refractivity contribution is 6.77. The van der Waals surface area contributed by atoms with Crippen molar-refractivity contribution in [3.63, 3.8) is 0 Å². The van der Waals surface area contributed by atoms with Crippen molar-refractivity contribution in [2.75, 3.05) is 6.61 Å². The zero-order valence-electron chi connectivity index (χ0n) is 19.9. The predicted molar refractivity (Wildman–Crippen MR) is 123 cm³/mol. The van der Waals surface area contributed by atoms with Crippen LogP contribution in [0.4, 0.5) is 0 Å². The van der Waals surface area contributed by atoms with Gasteiger partial charge in [-0.25, -0.2) is 0 Å². The Balaban J connectivity index is 5.36. The van der Waals surface area contributed by atoms with Crippen LogP contribution >= 0.6 is 0 Å². The molecule has 2 nitrogen and oxygen atoms in total. The van der Waals surface area contributed by atoms with E-state index >= 15 is 0 Å². The molecule has 26 heavy (non-hydrogen) atoms. The Morgan fingerprint density at radius 3 is 1.62 bits per heavy atom. The molecule has 0 aliphatic carbocycles. The summed E-state index contributed by atoms with van der Waals surface area (Å²) in [7, 11) is -3.61. The van der Waals surface area contributed by atoms with Crippen LogP contribution in [0.5, 0.6) is 0 Å². The molecule has 4 heteroatoms. The normalized spacial score (nSPS) is 16.4. The molecule has 0 spiro atoms. The molecule has 0 fully saturated rings. The van der Waals surface area contributed by atoms with Crippen molar-refractivity contribution < 1.29 is 8.85 Å². The van der Waals surface area contributed by atoms with Gasteiger partial charge >= 0.3 is 0 Å². The van der Waals surface area contributed by atoms with E-state index in [1.54, 1.807) is 0 Å². The Labute approximate surface area is 167 Å². The van der Waals surface area contributed by atoms with Crippen LogP contribution in [0.15, 0.2) is 12.7 Å². The van der Waals surface area contributed by atoms with Crippen LogP contribution in [-0.2, 0) is 8.85 Å². The third-order valence-electron chi connectivity index (χ3n) is 6.69. The molecular formula is C22H48O2Si2. The van der Waals surface area contributed by atoms with Gasteiger partial charge in [-0.15, -0.1) is 6.58 Å². The predicted octanol–water partition coefficient (Wildman–Crippen LogP) is 7.78. The van der Waals surface area contributed by atoms with Crippen molar-refractivity contribution in [2.24, 2.45) is 5.92 Å². The highest BCUT2D eigenvalue weighted by Crippen LogP contribution is 2.44. The fourth-order valence-electron chi connectivity index (χ4n) is 3.90. The van der Waals surface area contributed by atoms with Crippen LogP contribution in [0.25, 0.3) is 0 Å². The number of rotatable bonds is 11. The van der Waals surface area contributed by atoms with Crippen LogP contribution in [0.2, 0.25) is 34.8 Å². The lowest BCUT2D eigenvalue weighted by atomic mass is 10.0. The van der Waals surface area contributed by atoms with Crippen molar-refractivity contribution >= 4 is 16.6 Å². The Kier molecular flexibility index (Phi) is 10.1. The smallest absolute Gasteiger partial charge is 0.200 e. The van der Waals surface area contributed by atoms with E-state index in [1.807, 2.05) is 0 Å². The maximum absolute atomic E-state index is 7.08. The van der Waals surface area contributed by atoms with Crippen molar-refractivity contribution in [2.45, 2.75) is 117 Å². The van der Waals surface area contributed by atoms with Crippen LogP contribution in [-0.4, -0.2) is 29.3 Å². The van der Waals surface area contributed by atoms with E-state index in [2.05, 4.69) is 95.0 Å². The summed E-state index contributed by atoms with van der Waals surface area (Å²) in [5, 5.41) is 0.250. The minimum absolute atomic E-state index is 0.205. The first-order valence-electron chi connectivity index (χ1n) is 10.6. The highest BCUT2D eigenvalue weighted by atomic mass is 28.4. The van der Waals surface area contributed by atoms with Crippen LogP contribution < -0.4 is 0 Å². The minimum Gasteiger partial charge on any atom is -0.417 e. The lowest BCUT2D eigenvalue weighted by molar-refractivity contribution is 0.108. The van der Waals surface area contributed by atoms with Gasteiger partial charge in [0, 0.05) is 6.61 Å². The molecule has 0 aromatic carbocycles. The molecule has 0 amide bonds. The second kappa shape index (κ2) is 10.0. The van der Waals surface area contributed by atoms with Crippen LogP contribution in [0, 0.1) is 5.92 Å². The van der Waals surface area contributed by atoms with Crippen molar-refractivity contribution in [3.05, 3.63) is 12.7 Å². The Morgan fingerprint density at radius 1 is 0.885 bits per heavy atom. The van der Waals surface area contributed by atoms with Crippen LogP contribution in [0.3, 0.4) is 0 Å². The molecule has 0 rings (SSSR count). The van der Waals surface area contributed by atoms with E-state index in [0.717, 1.165) is 13.0 Å². The van der Waals surface area contributed by atoms with Gasteiger partial charge in [-0.2, -0.15) is 0 Å². The van der Waals surface area contributed by atoms with Crippen molar-refractivity contribution in [1.29, 1.82) is 0 Å². The van der Waals surface area contributed by atoms with Gasteiger partial charge in [0.15, 0.2) is 8.32 Å². The summed E-state index contributed by atoms with van der Waals surface area (Å²) in [4.78, 5) is 0. The Bertz CT molecular complexity index is 401. The van der Waals surface area contributed by atoms with Gasteiger partial charge < -0.3 is 8.85 Å². The molecule has 156 valence electrons. The lowest BCUT2D eigenvalue weighted by Crippen LogP contribution is -2.51. The standard InChI is InChI=1S/C22H48O2Si2/c1-14-20(8)21(15-16-23-25(12,13)22(9,10)11)24-26(17(2)3,18(4)5)19(6)7/h14,17-21H,1,15-16H2,2-13H3/t20-,21-/m1/s1. The fraction of sp³-hybridized carbons (Fsp3) is 0.909. The molecule has 0 saturated heterocycles. The van der Waals surface area contributed by atoms with Gasteiger partial charge in [0.1, 0.15) is 0 Å². The summed E-state index contributed by atoms with van der Waals surface area (Å²) in [5.41, 5.74) is 1.80. The van der Waals surface area contributed by atoms with Gasteiger partial charge in [0.2, 0.25) is 8.32 Å². The van der Waals surface area contributed by atoms with E-state index in [-0.39, 0.29) is 11.1 Å². The summed E-state index contributed by atoms with van der Waals surface area (Å²) in [5.74, 6) is 0.348. The first kappa shape index (κ1) is 26.1. The SMILES string of the molecule is C=C[C@@H](C)[C@@H](CCO[Si](C)(C)C(C)(C)C)O[Si](C(C)C)(C(C)C)C(C)C. The van der Waals surface area contributed by atoms with E-state index in [1.165, 1.54) is 0 Å². The maximum atomic E-state index is 7.08. The molecule has 0 aliphatic rings. The zero-order chi connectivity index (χ0) is 20.9. The average Bonchev–Trinajstić information content (AvgIpc) is 2.47. The monoisotopic (exact) mass is 400 g/mol. The summed E-state index contributed by atoms with van der Waals surface area (Å²) >= 11 is 0. The minimum atomic E-state index is -1.89. The summed E-state index contributed by atoms with van der Waals surface area (Å²) in [6.07, 6.45) is 3.22. The zero-order valence-corrected chi connectivity index (χ0v) is 21.9. The second-order valence-corrected chi connectivity index (χ2v) is 20.7. The molecule has 0 aromatic heterocycles. The third-order valence-corrected chi connectivity index (χ3v) is 17.4. The number of hydrogen-bond donors (Lipinski definition) is 0. The second-order valence-electron chi connectivity index (χ2n) is 10.5. The summed E-state index contributed by atoms with van der Waals surface area (Å²) in [6.45, 7) is 32.8. The number of hydrogen-bond acceptors (Lipinski definition) is 2. The first-order chi connectivity index (χ1) is 11.6. The van der Waals surface area contributed by atoms with Gasteiger partial charge in [-0.05, 0) is 47.1 Å². The van der Waals surface area contributed by atoms with Gasteiger partial charge in [-0.1, -0.05) is 75.3 Å². The van der Waals surface area contributed by atoms with Gasteiger partial charge in [0.05, 0.1) is 6.10 Å². The summed E-state index contributed by atoms with van der Waals surface area (Å²) < 4.78 is 13.5. The van der Waals surface area contributed by atoms with Gasteiger partial charge in [-0.3, -0.25) is 0 Å². The third kappa shape index (κ3) is 6.32. The Hall–Kier alpha value is 0.0938. The van der Waals surface area contributed by atoms with E-state index < -0.39 is 16.6 Å². The molecule has 0 heterocycles. The molecule has 2 atom stereocenters. The molecule has 0 bridgehead atoms. The molecule has 0 aromatic rings. The molecule has 0 unspecified atom stereocenters. The molecule has 0 aliphatic heterocycles. The van der Waals surface area contributed by atoms with Crippen molar-refractivity contribution in [3.8, 4) is 0 Å². The topological polar surface area (TPSA) is 18.5 Å². The largest absolute Gasteiger partial charge is 0.417 e. The molecule has 0 radical (unpaired) electrons. The quantitative estimate of drug-likeness (QED) is 0.260. The summed E-state index contributed by atoms with van der Waals surface area (Å²) in [6, 6.07) is 0. The molecular weight excluding hydrogens is 352 g/mol. The average molecular weight is 401 g/mol. The Morgan fingerprint density at radius 2 is 1.31 bits per heavy atom. The van der Waals surface area contributed by atoms with Gasteiger partial charge in [0.25, 0.3) is 0 Å². The molecule has 0 N–H and O–H groups in total. The molecule has 0 saturated carbocycles. The van der Waals surface area contributed by atoms with Crippen molar-refractivity contribution in [1.82, 2.24) is 0 Å². The fourth-order valence-corrected chi connectivity index (χ4v) is 10.6. The highest BCUT2D eigenvalue weighted by Gasteiger charge is 2.47. The van der Waals surface area contributed by atoms with E-state index in [4.69, 9.17) is 8.85 Å². The first-order valence-corrected chi connectivity index (χ1v) is 15.6. The van der Waals surface area contributed by atoms with Crippen LogP contribution in [0.1, 0.15) is 75.7 Å². The van der Waals surface area contributed by atoms with E-state index in [9.17, 15) is 0 Å². The lowest BCUT2D eigenvalue weighted by Gasteiger charge is -2.46. The maximum Gasteiger partial charge on any atom is 0.200 e.